The minimum atomic E-state index is 0.101. The molecule has 1 unspecified atom stereocenters. The molecule has 1 heterocycles. The van der Waals surface area contributed by atoms with Crippen LogP contribution in [0.1, 0.15) is 64.2 Å². The summed E-state index contributed by atoms with van der Waals surface area (Å²) < 4.78 is 2.00. The summed E-state index contributed by atoms with van der Waals surface area (Å²) in [7, 11) is 4.36. The Bertz CT molecular complexity index is 430. The van der Waals surface area contributed by atoms with Gasteiger partial charge in [-0.05, 0) is 40.8 Å². The van der Waals surface area contributed by atoms with Gasteiger partial charge in [0.25, 0.3) is 0 Å². The third-order valence-electron chi connectivity index (χ3n) is 5.09. The van der Waals surface area contributed by atoms with E-state index >= 15 is 0 Å². The molecule has 1 aliphatic carbocycles. The quantitative estimate of drug-likeness (QED) is 0.847. The molecule has 0 saturated heterocycles. The average Bonchev–Trinajstić information content (AvgIpc) is 2.74. The molecule has 120 valence electrons. The smallest absolute Gasteiger partial charge is 0.138 e. The fraction of sp³-hybridized carbons (Fsp3) is 0.875. The van der Waals surface area contributed by atoms with Crippen LogP contribution >= 0.6 is 0 Å². The summed E-state index contributed by atoms with van der Waals surface area (Å²) >= 11 is 0. The molecule has 1 saturated carbocycles. The highest BCUT2D eigenvalue weighted by Crippen LogP contribution is 2.34. The average molecular weight is 293 g/mol. The van der Waals surface area contributed by atoms with Crippen molar-refractivity contribution in [2.24, 2.45) is 5.73 Å². The molecule has 21 heavy (non-hydrogen) atoms. The summed E-state index contributed by atoms with van der Waals surface area (Å²) in [6.45, 7) is 4.27. The Morgan fingerprint density at radius 3 is 2.38 bits per heavy atom. The van der Waals surface area contributed by atoms with Crippen LogP contribution in [0, 0.1) is 0 Å². The van der Waals surface area contributed by atoms with Crippen molar-refractivity contribution in [3.8, 4) is 0 Å². The van der Waals surface area contributed by atoms with Gasteiger partial charge in [-0.2, -0.15) is 5.10 Å². The number of aromatic nitrogens is 3. The van der Waals surface area contributed by atoms with Gasteiger partial charge < -0.3 is 10.6 Å². The molecular weight excluding hydrogens is 262 g/mol. The first-order valence-electron chi connectivity index (χ1n) is 8.29. The fourth-order valence-corrected chi connectivity index (χ4v) is 3.73. The van der Waals surface area contributed by atoms with Crippen molar-refractivity contribution >= 4 is 0 Å². The van der Waals surface area contributed by atoms with Crippen LogP contribution in [0.4, 0.5) is 0 Å². The Morgan fingerprint density at radius 2 is 1.86 bits per heavy atom. The summed E-state index contributed by atoms with van der Waals surface area (Å²) in [6.07, 6.45) is 10.1. The van der Waals surface area contributed by atoms with Crippen molar-refractivity contribution in [1.82, 2.24) is 19.7 Å². The van der Waals surface area contributed by atoms with Gasteiger partial charge in [0.2, 0.25) is 0 Å². The molecule has 0 spiro atoms. The topological polar surface area (TPSA) is 60.0 Å². The van der Waals surface area contributed by atoms with E-state index in [2.05, 4.69) is 42.9 Å². The molecule has 5 heteroatoms. The summed E-state index contributed by atoms with van der Waals surface area (Å²) in [5.41, 5.74) is 6.79. The molecule has 0 aromatic carbocycles. The van der Waals surface area contributed by atoms with Crippen LogP contribution < -0.4 is 5.73 Å². The van der Waals surface area contributed by atoms with Crippen molar-refractivity contribution in [2.45, 2.75) is 76.4 Å². The maximum absolute atomic E-state index is 6.69. The van der Waals surface area contributed by atoms with Crippen LogP contribution in [0.15, 0.2) is 6.33 Å². The lowest BCUT2D eigenvalue weighted by molar-refractivity contribution is 0.0954. The van der Waals surface area contributed by atoms with Crippen LogP contribution in [0.3, 0.4) is 0 Å². The second-order valence-electron chi connectivity index (χ2n) is 6.94. The van der Waals surface area contributed by atoms with Crippen LogP contribution in [0.5, 0.6) is 0 Å². The van der Waals surface area contributed by atoms with Crippen molar-refractivity contribution in [1.29, 1.82) is 0 Å². The van der Waals surface area contributed by atoms with Crippen molar-refractivity contribution in [3.63, 3.8) is 0 Å². The van der Waals surface area contributed by atoms with Crippen LogP contribution in [-0.2, 0) is 6.42 Å². The summed E-state index contributed by atoms with van der Waals surface area (Å²) in [5.74, 6) is 1.02. The van der Waals surface area contributed by atoms with Gasteiger partial charge >= 0.3 is 0 Å². The van der Waals surface area contributed by atoms with E-state index < -0.39 is 0 Å². The van der Waals surface area contributed by atoms with Gasteiger partial charge in [0, 0.05) is 24.0 Å². The molecule has 1 aromatic rings. The van der Waals surface area contributed by atoms with E-state index in [9.17, 15) is 0 Å². The van der Waals surface area contributed by atoms with Crippen LogP contribution in [0.2, 0.25) is 0 Å². The normalized spacial score (nSPS) is 20.7. The predicted molar refractivity (Wildman–Crippen MR) is 86.2 cm³/mol. The fourth-order valence-electron chi connectivity index (χ4n) is 3.73. The van der Waals surface area contributed by atoms with Crippen LogP contribution in [0.25, 0.3) is 0 Å². The number of likely N-dealkylation sites (N-methyl/N-ethyl adjacent to an activating group) is 1. The van der Waals surface area contributed by atoms with Crippen molar-refractivity contribution in [2.75, 3.05) is 14.1 Å². The first-order valence-corrected chi connectivity index (χ1v) is 8.29. The third-order valence-corrected chi connectivity index (χ3v) is 5.09. The summed E-state index contributed by atoms with van der Waals surface area (Å²) in [5, 5.41) is 4.34. The SMILES string of the molecule is CC(C)n1ncnc1CC(N)C1(N(C)C)CCCCCC1. The second-order valence-corrected chi connectivity index (χ2v) is 6.94. The van der Waals surface area contributed by atoms with E-state index in [4.69, 9.17) is 5.73 Å². The molecule has 1 atom stereocenters. The molecule has 1 aromatic heterocycles. The van der Waals surface area contributed by atoms with Crippen LogP contribution in [-0.4, -0.2) is 45.3 Å². The Hall–Kier alpha value is -0.940. The minimum Gasteiger partial charge on any atom is -0.326 e. The monoisotopic (exact) mass is 293 g/mol. The molecule has 0 bridgehead atoms. The molecule has 2 rings (SSSR count). The lowest BCUT2D eigenvalue weighted by Gasteiger charge is -2.44. The van der Waals surface area contributed by atoms with Gasteiger partial charge in [-0.15, -0.1) is 0 Å². The predicted octanol–water partition coefficient (Wildman–Crippen LogP) is 2.38. The summed E-state index contributed by atoms with van der Waals surface area (Å²) in [4.78, 5) is 6.80. The van der Waals surface area contributed by atoms with E-state index in [0.29, 0.717) is 6.04 Å². The van der Waals surface area contributed by atoms with Gasteiger partial charge in [0.15, 0.2) is 0 Å². The third kappa shape index (κ3) is 3.46. The summed E-state index contributed by atoms with van der Waals surface area (Å²) in [6, 6.07) is 0.437. The van der Waals surface area contributed by atoms with E-state index in [1.54, 1.807) is 6.33 Å². The molecular formula is C16H31N5. The molecule has 0 radical (unpaired) electrons. The zero-order valence-electron chi connectivity index (χ0n) is 14.0. The molecule has 0 aliphatic heterocycles. The highest BCUT2D eigenvalue weighted by molar-refractivity contribution is 5.03. The maximum atomic E-state index is 6.69. The molecule has 1 fully saturated rings. The molecule has 2 N–H and O–H groups in total. The molecule has 1 aliphatic rings. The first kappa shape index (κ1) is 16.4. The lowest BCUT2D eigenvalue weighted by atomic mass is 9.80. The van der Waals surface area contributed by atoms with Gasteiger partial charge in [-0.25, -0.2) is 9.67 Å². The standard InChI is InChI=1S/C16H31N5/c1-13(2)21-15(18-12-19-21)11-14(17)16(20(3)4)9-7-5-6-8-10-16/h12-14H,5-11,17H2,1-4H3. The number of nitrogens with zero attached hydrogens (tertiary/aromatic N) is 4. The van der Waals surface area contributed by atoms with Gasteiger partial charge in [-0.3, -0.25) is 0 Å². The Labute approximate surface area is 128 Å². The van der Waals surface area contributed by atoms with E-state index in [1.807, 2.05) is 4.68 Å². The Balaban J connectivity index is 2.18. The number of rotatable bonds is 5. The van der Waals surface area contributed by atoms with Gasteiger partial charge in [-0.1, -0.05) is 25.7 Å². The number of hydrogen-bond donors (Lipinski definition) is 1. The largest absolute Gasteiger partial charge is 0.326 e. The van der Waals surface area contributed by atoms with Gasteiger partial charge in [0.05, 0.1) is 0 Å². The Morgan fingerprint density at radius 1 is 1.24 bits per heavy atom. The zero-order chi connectivity index (χ0) is 15.5. The molecule has 5 nitrogen and oxygen atoms in total. The van der Waals surface area contributed by atoms with E-state index in [-0.39, 0.29) is 11.6 Å². The number of hydrogen-bond acceptors (Lipinski definition) is 4. The highest BCUT2D eigenvalue weighted by Gasteiger charge is 2.39. The second kappa shape index (κ2) is 6.88. The van der Waals surface area contributed by atoms with E-state index in [0.717, 1.165) is 12.2 Å². The molecule has 0 amide bonds. The highest BCUT2D eigenvalue weighted by atomic mass is 15.3. The zero-order valence-corrected chi connectivity index (χ0v) is 14.0. The lowest BCUT2D eigenvalue weighted by Crippen LogP contribution is -2.58. The Kier molecular flexibility index (Phi) is 5.38. The first-order chi connectivity index (χ1) is 9.97. The van der Waals surface area contributed by atoms with Crippen molar-refractivity contribution < 1.29 is 0 Å². The maximum Gasteiger partial charge on any atom is 0.138 e. The van der Waals surface area contributed by atoms with E-state index in [1.165, 1.54) is 38.5 Å². The van der Waals surface area contributed by atoms with Crippen molar-refractivity contribution in [3.05, 3.63) is 12.2 Å². The van der Waals surface area contributed by atoms with Gasteiger partial charge in [0.1, 0.15) is 12.2 Å². The minimum absolute atomic E-state index is 0.101. The number of nitrogens with two attached hydrogens (primary N) is 1.